The van der Waals surface area contributed by atoms with Crippen LogP contribution in [0, 0.1) is 0 Å². The zero-order valence-electron chi connectivity index (χ0n) is 11.7. The van der Waals surface area contributed by atoms with Crippen molar-refractivity contribution < 1.29 is 14.7 Å². The van der Waals surface area contributed by atoms with E-state index in [1.807, 2.05) is 6.26 Å². The van der Waals surface area contributed by atoms with Gasteiger partial charge in [0.2, 0.25) is 0 Å². The number of hydrogen-bond donors (Lipinski definition) is 3. The Morgan fingerprint density at radius 3 is 2.75 bits per heavy atom. The summed E-state index contributed by atoms with van der Waals surface area (Å²) in [5.74, 6) is 0.245. The van der Waals surface area contributed by atoms with Crippen LogP contribution in [0.25, 0.3) is 0 Å². The first-order valence-corrected chi connectivity index (χ1v) is 8.00. The third kappa shape index (κ3) is 3.12. The zero-order chi connectivity index (χ0) is 14.6. The maximum absolute atomic E-state index is 12.1. The summed E-state index contributed by atoms with van der Waals surface area (Å²) in [5, 5.41) is 15.0. The highest BCUT2D eigenvalue weighted by atomic mass is 32.2. The maximum atomic E-state index is 12.1. The van der Waals surface area contributed by atoms with Gasteiger partial charge in [0.15, 0.2) is 5.84 Å². The monoisotopic (exact) mass is 302 g/mol. The molecule has 2 amide bonds. The highest BCUT2D eigenvalue weighted by Gasteiger charge is 2.39. The average molecular weight is 302 g/mol. The smallest absolute Gasteiger partial charge is 0.317 e. The molecule has 0 aromatic carbocycles. The fourth-order valence-corrected chi connectivity index (χ4v) is 3.48. The van der Waals surface area contributed by atoms with Crippen molar-refractivity contribution in [1.82, 2.24) is 10.2 Å². The first-order chi connectivity index (χ1) is 9.61. The molecule has 2 aliphatic heterocycles. The Morgan fingerprint density at radius 1 is 1.55 bits per heavy atom. The van der Waals surface area contributed by atoms with Gasteiger partial charge in [-0.3, -0.25) is 0 Å². The van der Waals surface area contributed by atoms with E-state index in [-0.39, 0.29) is 22.7 Å². The van der Waals surface area contributed by atoms with Gasteiger partial charge in [-0.05, 0) is 25.5 Å². The van der Waals surface area contributed by atoms with Crippen LogP contribution in [0.5, 0.6) is 0 Å². The lowest BCUT2D eigenvalue weighted by Gasteiger charge is -2.39. The largest absolute Gasteiger partial charge is 0.409 e. The van der Waals surface area contributed by atoms with E-state index in [9.17, 15) is 4.79 Å². The fourth-order valence-electron chi connectivity index (χ4n) is 2.64. The standard InChI is InChI=1S/C12H22N4O3S/c1-20-12(10(13)15-18)3-5-16(6-4-12)11(17)14-9-2-7-19-8-9/h9,18H,2-8H2,1H3,(H2,13,15)(H,14,17). The van der Waals surface area contributed by atoms with Crippen molar-refractivity contribution >= 4 is 23.6 Å². The number of rotatable bonds is 3. The Balaban J connectivity index is 1.88. The van der Waals surface area contributed by atoms with Gasteiger partial charge in [-0.25, -0.2) is 4.79 Å². The quantitative estimate of drug-likeness (QED) is 0.304. The molecule has 4 N–H and O–H groups in total. The summed E-state index contributed by atoms with van der Waals surface area (Å²) in [5.41, 5.74) is 5.79. The molecule has 0 aromatic rings. The summed E-state index contributed by atoms with van der Waals surface area (Å²) >= 11 is 1.58. The zero-order valence-corrected chi connectivity index (χ0v) is 12.5. The molecule has 7 nitrogen and oxygen atoms in total. The summed E-state index contributed by atoms with van der Waals surface area (Å²) in [7, 11) is 0. The number of amides is 2. The van der Waals surface area contributed by atoms with Gasteiger partial charge in [0.05, 0.1) is 17.4 Å². The van der Waals surface area contributed by atoms with Crippen LogP contribution in [0.15, 0.2) is 5.16 Å². The predicted molar refractivity (Wildman–Crippen MR) is 78.2 cm³/mol. The molecule has 0 aromatic heterocycles. The second kappa shape index (κ2) is 6.53. The lowest BCUT2D eigenvalue weighted by atomic mass is 9.94. The van der Waals surface area contributed by atoms with Crippen molar-refractivity contribution in [2.75, 3.05) is 32.6 Å². The lowest BCUT2D eigenvalue weighted by Crippen LogP contribution is -2.54. The third-order valence-electron chi connectivity index (χ3n) is 4.08. The number of nitrogens with one attached hydrogen (secondary N) is 1. The topological polar surface area (TPSA) is 100 Å². The van der Waals surface area contributed by atoms with Crippen LogP contribution in [0.1, 0.15) is 19.3 Å². The minimum absolute atomic E-state index is 0.0466. The van der Waals surface area contributed by atoms with Gasteiger partial charge < -0.3 is 25.9 Å². The highest BCUT2D eigenvalue weighted by Crippen LogP contribution is 2.34. The van der Waals surface area contributed by atoms with Gasteiger partial charge in [-0.15, -0.1) is 0 Å². The lowest BCUT2D eigenvalue weighted by molar-refractivity contribution is 0.170. The van der Waals surface area contributed by atoms with Crippen molar-refractivity contribution in [3.63, 3.8) is 0 Å². The van der Waals surface area contributed by atoms with Crippen molar-refractivity contribution in [3.05, 3.63) is 0 Å². The molecular formula is C12H22N4O3S. The number of nitrogens with two attached hydrogens (primary N) is 1. The molecule has 2 fully saturated rings. The Kier molecular flexibility index (Phi) is 4.98. The Hall–Kier alpha value is -1.15. The third-order valence-corrected chi connectivity index (χ3v) is 5.48. The molecule has 0 saturated carbocycles. The summed E-state index contributed by atoms with van der Waals surface area (Å²) in [6.45, 7) is 2.52. The molecule has 1 atom stereocenters. The second-order valence-electron chi connectivity index (χ2n) is 5.18. The number of ether oxygens (including phenoxy) is 1. The molecule has 20 heavy (non-hydrogen) atoms. The number of likely N-dealkylation sites (tertiary alicyclic amines) is 1. The van der Waals surface area contributed by atoms with E-state index >= 15 is 0 Å². The maximum Gasteiger partial charge on any atom is 0.317 e. The van der Waals surface area contributed by atoms with Gasteiger partial charge in [-0.1, -0.05) is 5.16 Å². The van der Waals surface area contributed by atoms with Gasteiger partial charge in [0, 0.05) is 19.7 Å². The van der Waals surface area contributed by atoms with Crippen LogP contribution in [0.2, 0.25) is 0 Å². The number of carbonyl (C=O) groups is 1. The molecular weight excluding hydrogens is 280 g/mol. The first-order valence-electron chi connectivity index (χ1n) is 6.77. The van der Waals surface area contributed by atoms with Crippen LogP contribution in [-0.2, 0) is 4.74 Å². The minimum Gasteiger partial charge on any atom is -0.409 e. The van der Waals surface area contributed by atoms with Gasteiger partial charge >= 0.3 is 6.03 Å². The van der Waals surface area contributed by atoms with Gasteiger partial charge in [0.25, 0.3) is 0 Å². The summed E-state index contributed by atoms with van der Waals surface area (Å²) in [6, 6.07) is 0.0773. The highest BCUT2D eigenvalue weighted by molar-refractivity contribution is 8.00. The first kappa shape index (κ1) is 15.2. The van der Waals surface area contributed by atoms with E-state index in [2.05, 4.69) is 10.5 Å². The van der Waals surface area contributed by atoms with Crippen LogP contribution in [0.4, 0.5) is 4.79 Å². The molecule has 2 saturated heterocycles. The van der Waals surface area contributed by atoms with Gasteiger partial charge in [-0.2, -0.15) is 11.8 Å². The van der Waals surface area contributed by atoms with Crippen LogP contribution >= 0.6 is 11.8 Å². The SMILES string of the molecule is CSC1(C(N)=NO)CCN(C(=O)NC2CCOC2)CC1. The van der Waals surface area contributed by atoms with E-state index in [0.717, 1.165) is 6.42 Å². The number of urea groups is 1. The van der Waals surface area contributed by atoms with Crippen LogP contribution < -0.4 is 11.1 Å². The Labute approximate surface area is 122 Å². The normalized spacial score (nSPS) is 26.6. The summed E-state index contributed by atoms with van der Waals surface area (Å²) < 4.78 is 4.89. The average Bonchev–Trinajstić information content (AvgIpc) is 2.99. The van der Waals surface area contributed by atoms with Crippen LogP contribution in [-0.4, -0.2) is 65.3 Å². The van der Waals surface area contributed by atoms with Crippen molar-refractivity contribution in [3.8, 4) is 0 Å². The van der Waals surface area contributed by atoms with Crippen molar-refractivity contribution in [2.45, 2.75) is 30.1 Å². The molecule has 1 unspecified atom stereocenters. The van der Waals surface area contributed by atoms with E-state index in [4.69, 9.17) is 15.7 Å². The molecule has 2 heterocycles. The van der Waals surface area contributed by atoms with E-state index in [1.54, 1.807) is 16.7 Å². The summed E-state index contributed by atoms with van der Waals surface area (Å²) in [4.78, 5) is 13.9. The van der Waals surface area contributed by atoms with E-state index < -0.39 is 0 Å². The molecule has 8 heteroatoms. The Bertz CT molecular complexity index is 377. The number of hydrogen-bond acceptors (Lipinski definition) is 5. The second-order valence-corrected chi connectivity index (χ2v) is 6.37. The molecule has 114 valence electrons. The number of nitrogens with zero attached hydrogens (tertiary/aromatic N) is 2. The molecule has 0 spiro atoms. The van der Waals surface area contributed by atoms with E-state index in [0.29, 0.717) is 39.1 Å². The minimum atomic E-state index is -0.359. The predicted octanol–water partition coefficient (Wildman–Crippen LogP) is 0.429. The number of oxime groups is 1. The molecule has 0 bridgehead atoms. The molecule has 2 rings (SSSR count). The van der Waals surface area contributed by atoms with E-state index in [1.165, 1.54) is 0 Å². The number of thioether (sulfide) groups is 1. The number of carbonyl (C=O) groups excluding carboxylic acids is 1. The molecule has 0 radical (unpaired) electrons. The molecule has 2 aliphatic rings. The van der Waals surface area contributed by atoms with Crippen LogP contribution in [0.3, 0.4) is 0 Å². The molecule has 0 aliphatic carbocycles. The number of amidine groups is 1. The summed E-state index contributed by atoms with van der Waals surface area (Å²) in [6.07, 6.45) is 4.21. The van der Waals surface area contributed by atoms with Gasteiger partial charge in [0.1, 0.15) is 0 Å². The van der Waals surface area contributed by atoms with Crippen molar-refractivity contribution in [2.24, 2.45) is 10.9 Å². The fraction of sp³-hybridized carbons (Fsp3) is 0.833. The van der Waals surface area contributed by atoms with Crippen molar-refractivity contribution in [1.29, 1.82) is 0 Å². The number of piperidine rings is 1. The Morgan fingerprint density at radius 2 is 2.25 bits per heavy atom.